The van der Waals surface area contributed by atoms with E-state index in [9.17, 15) is 14.4 Å². The van der Waals surface area contributed by atoms with Crippen LogP contribution in [0.1, 0.15) is 31.4 Å². The molecule has 146 valence electrons. The highest BCUT2D eigenvalue weighted by Crippen LogP contribution is 2.22. The van der Waals surface area contributed by atoms with E-state index in [0.29, 0.717) is 12.2 Å². The van der Waals surface area contributed by atoms with Crippen LogP contribution in [0, 0.1) is 19.8 Å². The molecule has 1 unspecified atom stereocenters. The van der Waals surface area contributed by atoms with E-state index in [1.165, 1.54) is 6.21 Å². The number of barbiturate groups is 1. The van der Waals surface area contributed by atoms with E-state index < -0.39 is 23.8 Å². The molecule has 0 aromatic heterocycles. The van der Waals surface area contributed by atoms with E-state index in [1.807, 2.05) is 19.9 Å². The van der Waals surface area contributed by atoms with Crippen molar-refractivity contribution in [3.05, 3.63) is 29.3 Å². The van der Waals surface area contributed by atoms with Gasteiger partial charge in [-0.15, -0.1) is 0 Å². The molecule has 0 saturated carbocycles. The van der Waals surface area contributed by atoms with Crippen LogP contribution < -0.4 is 10.2 Å². The molecule has 2 rings (SSSR count). The van der Waals surface area contributed by atoms with Crippen LogP contribution in [-0.2, 0) is 9.59 Å². The molecular formula is C20H28N4O3. The average molecular weight is 372 g/mol. The molecule has 1 saturated heterocycles. The van der Waals surface area contributed by atoms with E-state index in [4.69, 9.17) is 0 Å². The lowest BCUT2D eigenvalue weighted by atomic mass is 10.0. The number of hydrogen-bond acceptors (Lipinski definition) is 5. The number of aliphatic imine (C=N–C) groups is 1. The fourth-order valence-electron chi connectivity index (χ4n) is 2.94. The third-order valence-corrected chi connectivity index (χ3v) is 4.86. The van der Waals surface area contributed by atoms with Crippen molar-refractivity contribution in [3.8, 4) is 0 Å². The van der Waals surface area contributed by atoms with Crippen LogP contribution in [0.5, 0.6) is 0 Å². The number of hydrogen-bond donors (Lipinski definition) is 1. The van der Waals surface area contributed by atoms with Gasteiger partial charge >= 0.3 is 6.03 Å². The summed E-state index contributed by atoms with van der Waals surface area (Å²) in [7, 11) is 0. The zero-order valence-corrected chi connectivity index (χ0v) is 16.5. The molecular weight excluding hydrogens is 344 g/mol. The quantitative estimate of drug-likeness (QED) is 0.431. The molecule has 1 heterocycles. The van der Waals surface area contributed by atoms with Crippen molar-refractivity contribution in [3.63, 3.8) is 0 Å². The van der Waals surface area contributed by atoms with E-state index >= 15 is 0 Å². The van der Waals surface area contributed by atoms with Gasteiger partial charge in [-0.2, -0.15) is 0 Å². The SMILES string of the molecule is CCN(CC)CCCN=CC1C(=O)NC(=O)N(c2ccc(C)c(C)c2)C1=O. The smallest absolute Gasteiger partial charge is 0.304 e. The van der Waals surface area contributed by atoms with Crippen molar-refractivity contribution < 1.29 is 14.4 Å². The van der Waals surface area contributed by atoms with Crippen molar-refractivity contribution in [2.24, 2.45) is 10.9 Å². The fourth-order valence-corrected chi connectivity index (χ4v) is 2.94. The molecule has 1 aromatic carbocycles. The number of anilines is 1. The molecule has 0 spiro atoms. The number of carbonyl (C=O) groups is 3. The van der Waals surface area contributed by atoms with Crippen LogP contribution in [0.4, 0.5) is 10.5 Å². The maximum atomic E-state index is 12.8. The Balaban J connectivity index is 2.07. The highest BCUT2D eigenvalue weighted by molar-refractivity contribution is 6.32. The van der Waals surface area contributed by atoms with Gasteiger partial charge in [0, 0.05) is 12.8 Å². The Kier molecular flexibility index (Phi) is 7.24. The molecule has 27 heavy (non-hydrogen) atoms. The van der Waals surface area contributed by atoms with E-state index in [-0.39, 0.29) is 0 Å². The topological polar surface area (TPSA) is 82.1 Å². The number of amides is 4. The van der Waals surface area contributed by atoms with Gasteiger partial charge in [-0.05, 0) is 63.2 Å². The number of rotatable bonds is 8. The van der Waals surface area contributed by atoms with E-state index in [2.05, 4.69) is 29.1 Å². The number of aryl methyl sites for hydroxylation is 2. The largest absolute Gasteiger partial charge is 0.335 e. The van der Waals surface area contributed by atoms with Crippen molar-refractivity contribution in [1.29, 1.82) is 0 Å². The summed E-state index contributed by atoms with van der Waals surface area (Å²) in [5, 5.41) is 2.25. The molecule has 1 aromatic rings. The van der Waals surface area contributed by atoms with E-state index in [0.717, 1.165) is 42.1 Å². The number of imide groups is 2. The fraction of sp³-hybridized carbons (Fsp3) is 0.500. The lowest BCUT2D eigenvalue weighted by molar-refractivity contribution is -0.131. The Morgan fingerprint density at radius 3 is 2.48 bits per heavy atom. The number of urea groups is 1. The second-order valence-corrected chi connectivity index (χ2v) is 6.65. The van der Waals surface area contributed by atoms with Crippen LogP contribution in [-0.4, -0.2) is 55.1 Å². The van der Waals surface area contributed by atoms with Gasteiger partial charge in [0.1, 0.15) is 0 Å². The maximum Gasteiger partial charge on any atom is 0.335 e. The Hall–Kier alpha value is -2.54. The molecule has 1 aliphatic heterocycles. The first-order valence-corrected chi connectivity index (χ1v) is 9.37. The third kappa shape index (κ3) is 5.01. The van der Waals surface area contributed by atoms with Gasteiger partial charge in [-0.25, -0.2) is 9.69 Å². The zero-order valence-electron chi connectivity index (χ0n) is 16.5. The highest BCUT2D eigenvalue weighted by atomic mass is 16.2. The maximum absolute atomic E-state index is 12.8. The predicted octanol–water partition coefficient (Wildman–Crippen LogP) is 2.31. The predicted molar refractivity (Wildman–Crippen MR) is 106 cm³/mol. The second kappa shape index (κ2) is 9.41. The van der Waals surface area contributed by atoms with Gasteiger partial charge in [0.15, 0.2) is 5.92 Å². The molecule has 4 amide bonds. The molecule has 0 aliphatic carbocycles. The van der Waals surface area contributed by atoms with Gasteiger partial charge in [0.05, 0.1) is 5.69 Å². The van der Waals surface area contributed by atoms with Gasteiger partial charge in [0.2, 0.25) is 5.91 Å². The Morgan fingerprint density at radius 2 is 1.85 bits per heavy atom. The van der Waals surface area contributed by atoms with Crippen LogP contribution in [0.2, 0.25) is 0 Å². The van der Waals surface area contributed by atoms with Crippen LogP contribution in [0.3, 0.4) is 0 Å². The molecule has 1 N–H and O–H groups in total. The minimum Gasteiger partial charge on any atom is -0.304 e. The molecule has 7 heteroatoms. The Labute approximate surface area is 160 Å². The lowest BCUT2D eigenvalue weighted by Crippen LogP contribution is -2.58. The number of carbonyl (C=O) groups excluding carboxylic acids is 3. The van der Waals surface area contributed by atoms with Gasteiger partial charge in [-0.3, -0.25) is 19.9 Å². The van der Waals surface area contributed by atoms with Crippen molar-refractivity contribution in [2.45, 2.75) is 34.1 Å². The molecule has 0 radical (unpaired) electrons. The highest BCUT2D eigenvalue weighted by Gasteiger charge is 2.40. The number of nitrogens with zero attached hydrogens (tertiary/aromatic N) is 3. The van der Waals surface area contributed by atoms with Crippen LogP contribution >= 0.6 is 0 Å². The third-order valence-electron chi connectivity index (χ3n) is 4.86. The van der Waals surface area contributed by atoms with Gasteiger partial charge < -0.3 is 4.90 Å². The van der Waals surface area contributed by atoms with Gasteiger partial charge in [0.25, 0.3) is 5.91 Å². The summed E-state index contributed by atoms with van der Waals surface area (Å²) < 4.78 is 0. The molecule has 0 bridgehead atoms. The summed E-state index contributed by atoms with van der Waals surface area (Å²) in [5.74, 6) is -2.28. The first-order chi connectivity index (χ1) is 12.9. The summed E-state index contributed by atoms with van der Waals surface area (Å²) in [6, 6.07) is 4.59. The summed E-state index contributed by atoms with van der Waals surface area (Å²) in [6.07, 6.45) is 2.21. The standard InChI is InChI=1S/C20H28N4O3/c1-5-23(6-2)11-7-10-21-13-17-18(25)22-20(27)24(19(17)26)16-9-8-14(3)15(4)12-16/h8-9,12-13,17H,5-7,10-11H2,1-4H3,(H,22,25,27). The summed E-state index contributed by atoms with van der Waals surface area (Å²) in [6.45, 7) is 11.5. The van der Waals surface area contributed by atoms with E-state index in [1.54, 1.807) is 12.1 Å². The van der Waals surface area contributed by atoms with Crippen LogP contribution in [0.15, 0.2) is 23.2 Å². The summed E-state index contributed by atoms with van der Waals surface area (Å²) in [4.78, 5) is 44.6. The van der Waals surface area contributed by atoms with Crippen molar-refractivity contribution in [1.82, 2.24) is 10.2 Å². The first-order valence-electron chi connectivity index (χ1n) is 9.37. The first kappa shape index (κ1) is 20.8. The molecule has 1 atom stereocenters. The van der Waals surface area contributed by atoms with Crippen LogP contribution in [0.25, 0.3) is 0 Å². The van der Waals surface area contributed by atoms with Crippen molar-refractivity contribution >= 4 is 29.7 Å². The lowest BCUT2D eigenvalue weighted by Gasteiger charge is -2.28. The molecule has 1 fully saturated rings. The average Bonchev–Trinajstić information content (AvgIpc) is 2.63. The van der Waals surface area contributed by atoms with Crippen molar-refractivity contribution in [2.75, 3.05) is 31.1 Å². The monoisotopic (exact) mass is 372 g/mol. The molecule has 1 aliphatic rings. The Bertz CT molecular complexity index is 741. The second-order valence-electron chi connectivity index (χ2n) is 6.65. The summed E-state index contributed by atoms with van der Waals surface area (Å²) >= 11 is 0. The normalized spacial score (nSPS) is 17.9. The Morgan fingerprint density at radius 1 is 1.15 bits per heavy atom. The zero-order chi connectivity index (χ0) is 20.0. The number of benzene rings is 1. The van der Waals surface area contributed by atoms with Gasteiger partial charge in [-0.1, -0.05) is 19.9 Å². The molecule has 7 nitrogen and oxygen atoms in total. The minimum atomic E-state index is -1.09. The summed E-state index contributed by atoms with van der Waals surface area (Å²) in [5.41, 5.74) is 2.48. The number of nitrogens with one attached hydrogen (secondary N) is 1. The minimum absolute atomic E-state index is 0.452.